The number of carbonyl (C=O) groups excluding carboxylic acids is 1. The lowest BCUT2D eigenvalue weighted by Gasteiger charge is -2.19. The topological polar surface area (TPSA) is 55.1 Å². The summed E-state index contributed by atoms with van der Waals surface area (Å²) in [7, 11) is 0. The molecule has 0 unspecified atom stereocenters. The van der Waals surface area contributed by atoms with Gasteiger partial charge in [0, 0.05) is 12.0 Å². The highest BCUT2D eigenvalue weighted by molar-refractivity contribution is 5.92. The Balaban J connectivity index is 1.53. The Bertz CT molecular complexity index is 839. The zero-order valence-corrected chi connectivity index (χ0v) is 13.9. The molecule has 0 bridgehead atoms. The molecule has 126 valence electrons. The Labute approximate surface area is 146 Å². The highest BCUT2D eigenvalue weighted by atomic mass is 16.5. The van der Waals surface area contributed by atoms with Crippen LogP contribution in [0.1, 0.15) is 52.2 Å². The molecule has 1 amide bonds. The molecule has 1 aliphatic rings. The van der Waals surface area contributed by atoms with Gasteiger partial charge >= 0.3 is 0 Å². The fourth-order valence-corrected chi connectivity index (χ4v) is 2.98. The van der Waals surface area contributed by atoms with Gasteiger partial charge in [0.25, 0.3) is 5.91 Å². The first-order valence-electron chi connectivity index (χ1n) is 8.66. The Hall–Kier alpha value is -2.88. The first-order valence-corrected chi connectivity index (χ1v) is 8.66. The van der Waals surface area contributed by atoms with E-state index in [1.807, 2.05) is 48.5 Å². The highest BCUT2D eigenvalue weighted by Crippen LogP contribution is 2.40. The minimum absolute atomic E-state index is 0.114. The summed E-state index contributed by atoms with van der Waals surface area (Å²) in [6, 6.07) is 21.8. The van der Waals surface area contributed by atoms with Gasteiger partial charge in [-0.1, -0.05) is 65.8 Å². The largest absolute Gasteiger partial charge is 0.360 e. The molecule has 0 saturated heterocycles. The molecule has 2 aromatic carbocycles. The minimum Gasteiger partial charge on any atom is -0.360 e. The van der Waals surface area contributed by atoms with Gasteiger partial charge in [0.05, 0.1) is 6.04 Å². The zero-order valence-electron chi connectivity index (χ0n) is 13.9. The maximum absolute atomic E-state index is 12.6. The predicted octanol–water partition coefficient (Wildman–Crippen LogP) is 4.27. The number of hydrogen-bond donors (Lipinski definition) is 1. The summed E-state index contributed by atoms with van der Waals surface area (Å²) in [5.74, 6) is 1.08. The van der Waals surface area contributed by atoms with Crippen molar-refractivity contribution in [2.24, 2.45) is 0 Å². The molecule has 4 heteroatoms. The molecule has 3 aromatic rings. The molecule has 1 aliphatic carbocycles. The van der Waals surface area contributed by atoms with E-state index in [2.05, 4.69) is 22.6 Å². The number of nitrogens with one attached hydrogen (secondary N) is 1. The van der Waals surface area contributed by atoms with Crippen LogP contribution in [0.2, 0.25) is 0 Å². The molecule has 1 aromatic heterocycles. The molecule has 1 saturated carbocycles. The second kappa shape index (κ2) is 6.93. The van der Waals surface area contributed by atoms with Crippen LogP contribution in [-0.2, 0) is 6.42 Å². The van der Waals surface area contributed by atoms with Crippen molar-refractivity contribution in [3.8, 4) is 0 Å². The molecule has 1 heterocycles. The van der Waals surface area contributed by atoms with Crippen LogP contribution in [0.3, 0.4) is 0 Å². The van der Waals surface area contributed by atoms with E-state index in [1.165, 1.54) is 5.56 Å². The zero-order chi connectivity index (χ0) is 17.1. The van der Waals surface area contributed by atoms with Crippen LogP contribution in [0.4, 0.5) is 0 Å². The Morgan fingerprint density at radius 2 is 1.76 bits per heavy atom. The van der Waals surface area contributed by atoms with Crippen molar-refractivity contribution in [3.05, 3.63) is 89.3 Å². The number of carbonyl (C=O) groups is 1. The second-order valence-electron chi connectivity index (χ2n) is 6.52. The Morgan fingerprint density at radius 1 is 1.08 bits per heavy atom. The van der Waals surface area contributed by atoms with Gasteiger partial charge in [0.1, 0.15) is 5.76 Å². The third kappa shape index (κ3) is 3.79. The number of rotatable bonds is 6. The predicted molar refractivity (Wildman–Crippen MR) is 95.3 cm³/mol. The van der Waals surface area contributed by atoms with Crippen molar-refractivity contribution in [3.63, 3.8) is 0 Å². The van der Waals surface area contributed by atoms with Crippen molar-refractivity contribution in [2.45, 2.75) is 31.2 Å². The van der Waals surface area contributed by atoms with Crippen molar-refractivity contribution < 1.29 is 9.32 Å². The summed E-state index contributed by atoms with van der Waals surface area (Å²) in [5, 5.41) is 7.05. The lowest BCUT2D eigenvalue weighted by atomic mass is 9.98. The molecule has 4 rings (SSSR count). The van der Waals surface area contributed by atoms with E-state index in [-0.39, 0.29) is 11.9 Å². The van der Waals surface area contributed by atoms with Gasteiger partial charge in [-0.3, -0.25) is 4.79 Å². The van der Waals surface area contributed by atoms with E-state index in [4.69, 9.17) is 4.52 Å². The number of nitrogens with zero attached hydrogens (tertiary/aromatic N) is 1. The van der Waals surface area contributed by atoms with Crippen LogP contribution < -0.4 is 5.32 Å². The van der Waals surface area contributed by atoms with Gasteiger partial charge in [-0.05, 0) is 30.4 Å². The molecule has 4 nitrogen and oxygen atoms in total. The molecular weight excluding hydrogens is 312 g/mol. The average Bonchev–Trinajstić information content (AvgIpc) is 3.39. The first kappa shape index (κ1) is 15.6. The number of aromatic nitrogens is 1. The van der Waals surface area contributed by atoms with E-state index in [0.717, 1.165) is 30.6 Å². The minimum atomic E-state index is -0.194. The Morgan fingerprint density at radius 3 is 2.44 bits per heavy atom. The first-order chi connectivity index (χ1) is 12.3. The van der Waals surface area contributed by atoms with Crippen LogP contribution >= 0.6 is 0 Å². The summed E-state index contributed by atoms with van der Waals surface area (Å²) < 4.78 is 5.30. The van der Waals surface area contributed by atoms with Gasteiger partial charge < -0.3 is 9.84 Å². The summed E-state index contributed by atoms with van der Waals surface area (Å²) in [4.78, 5) is 12.6. The van der Waals surface area contributed by atoms with E-state index in [9.17, 15) is 4.79 Å². The SMILES string of the molecule is O=C(N[C@@H](Cc1ccccc1)c1ccccc1)c1cc(C2CC2)on1. The molecular formula is C21H20N2O2. The molecule has 0 radical (unpaired) electrons. The van der Waals surface area contributed by atoms with Crippen molar-refractivity contribution in [1.29, 1.82) is 0 Å². The monoisotopic (exact) mass is 332 g/mol. The maximum Gasteiger partial charge on any atom is 0.273 e. The number of amides is 1. The van der Waals surface area contributed by atoms with E-state index in [0.29, 0.717) is 11.6 Å². The molecule has 25 heavy (non-hydrogen) atoms. The molecule has 0 spiro atoms. The second-order valence-corrected chi connectivity index (χ2v) is 6.52. The van der Waals surface area contributed by atoms with E-state index < -0.39 is 0 Å². The van der Waals surface area contributed by atoms with Crippen molar-refractivity contribution >= 4 is 5.91 Å². The number of benzene rings is 2. The lowest BCUT2D eigenvalue weighted by molar-refractivity contribution is 0.0927. The third-order valence-electron chi connectivity index (χ3n) is 4.53. The average molecular weight is 332 g/mol. The number of hydrogen-bond acceptors (Lipinski definition) is 3. The highest BCUT2D eigenvalue weighted by Gasteiger charge is 2.29. The van der Waals surface area contributed by atoms with Crippen LogP contribution in [0.25, 0.3) is 0 Å². The lowest BCUT2D eigenvalue weighted by Crippen LogP contribution is -2.30. The maximum atomic E-state index is 12.6. The van der Waals surface area contributed by atoms with Crippen LogP contribution in [0.5, 0.6) is 0 Å². The fourth-order valence-electron chi connectivity index (χ4n) is 2.98. The summed E-state index contributed by atoms with van der Waals surface area (Å²) in [5.41, 5.74) is 2.61. The van der Waals surface area contributed by atoms with Crippen LogP contribution in [0, 0.1) is 0 Å². The molecule has 1 atom stereocenters. The molecule has 1 fully saturated rings. The summed E-state index contributed by atoms with van der Waals surface area (Å²) >= 11 is 0. The van der Waals surface area contributed by atoms with Gasteiger partial charge in [0.2, 0.25) is 0 Å². The molecule has 1 N–H and O–H groups in total. The normalized spacial score (nSPS) is 14.9. The van der Waals surface area contributed by atoms with Crippen molar-refractivity contribution in [1.82, 2.24) is 10.5 Å². The quantitative estimate of drug-likeness (QED) is 0.733. The van der Waals surface area contributed by atoms with Gasteiger partial charge in [-0.2, -0.15) is 0 Å². The van der Waals surface area contributed by atoms with Crippen LogP contribution in [0.15, 0.2) is 71.3 Å². The van der Waals surface area contributed by atoms with Gasteiger partial charge in [0.15, 0.2) is 5.69 Å². The van der Waals surface area contributed by atoms with Crippen LogP contribution in [-0.4, -0.2) is 11.1 Å². The Kier molecular flexibility index (Phi) is 4.34. The van der Waals surface area contributed by atoms with E-state index in [1.54, 1.807) is 6.07 Å². The molecule has 0 aliphatic heterocycles. The van der Waals surface area contributed by atoms with Crippen molar-refractivity contribution in [2.75, 3.05) is 0 Å². The standard InChI is InChI=1S/C21H20N2O2/c24-21(19-14-20(25-23-19)17-11-12-17)22-18(16-9-5-2-6-10-16)13-15-7-3-1-4-8-15/h1-10,14,17-18H,11-13H2,(H,22,24)/t18-/m0/s1. The van der Waals surface area contributed by atoms with Gasteiger partial charge in [-0.25, -0.2) is 0 Å². The smallest absolute Gasteiger partial charge is 0.273 e. The van der Waals surface area contributed by atoms with Gasteiger partial charge in [-0.15, -0.1) is 0 Å². The van der Waals surface area contributed by atoms with E-state index >= 15 is 0 Å². The summed E-state index contributed by atoms with van der Waals surface area (Å²) in [6.45, 7) is 0. The summed E-state index contributed by atoms with van der Waals surface area (Å²) in [6.07, 6.45) is 2.97. The third-order valence-corrected chi connectivity index (χ3v) is 4.53. The fraction of sp³-hybridized carbons (Fsp3) is 0.238.